The normalized spacial score (nSPS) is 12.1. The Morgan fingerprint density at radius 2 is 1.79 bits per heavy atom. The quantitative estimate of drug-likeness (QED) is 0.883. The van der Waals surface area contributed by atoms with Gasteiger partial charge in [0.15, 0.2) is 0 Å². The lowest BCUT2D eigenvalue weighted by molar-refractivity contribution is 0.0697. The number of carbonyl (C=O) groups is 1. The monoisotopic (exact) mass is 255 g/mol. The zero-order valence-corrected chi connectivity index (χ0v) is 11.1. The van der Waals surface area contributed by atoms with E-state index in [9.17, 15) is 4.79 Å². The molecule has 0 amide bonds. The molecule has 2 aromatic rings. The summed E-state index contributed by atoms with van der Waals surface area (Å²) in [6.07, 6.45) is 0. The highest BCUT2D eigenvalue weighted by Crippen LogP contribution is 2.22. The lowest BCUT2D eigenvalue weighted by atomic mass is 9.97. The summed E-state index contributed by atoms with van der Waals surface area (Å²) in [4.78, 5) is 10.9. The van der Waals surface area contributed by atoms with Crippen molar-refractivity contribution in [3.8, 4) is 0 Å². The van der Waals surface area contributed by atoms with Crippen LogP contribution in [-0.4, -0.2) is 18.1 Å². The topological polar surface area (TPSA) is 49.3 Å². The number of aromatic carboxylic acids is 1. The minimum Gasteiger partial charge on any atom is -0.478 e. The summed E-state index contributed by atoms with van der Waals surface area (Å²) < 4.78 is 0. The molecule has 3 nitrogen and oxygen atoms in total. The highest BCUT2D eigenvalue weighted by Gasteiger charge is 2.12. The van der Waals surface area contributed by atoms with Crippen molar-refractivity contribution in [1.82, 2.24) is 5.32 Å². The first-order valence-corrected chi connectivity index (χ1v) is 6.19. The van der Waals surface area contributed by atoms with Crippen LogP contribution in [0.3, 0.4) is 0 Å². The Kier molecular flexibility index (Phi) is 3.97. The van der Waals surface area contributed by atoms with Crippen LogP contribution in [-0.2, 0) is 0 Å². The molecule has 2 rings (SSSR count). The molecule has 0 aliphatic rings. The third-order valence-electron chi connectivity index (χ3n) is 3.16. The maximum absolute atomic E-state index is 10.9. The van der Waals surface area contributed by atoms with Crippen LogP contribution in [0, 0.1) is 6.92 Å². The summed E-state index contributed by atoms with van der Waals surface area (Å²) in [5.74, 6) is -0.900. The first-order chi connectivity index (χ1) is 9.11. The molecule has 0 aliphatic carbocycles. The molecule has 0 aromatic heterocycles. The Morgan fingerprint density at radius 1 is 1.11 bits per heavy atom. The van der Waals surface area contributed by atoms with Gasteiger partial charge in [-0.2, -0.15) is 0 Å². The summed E-state index contributed by atoms with van der Waals surface area (Å²) in [7, 11) is 1.90. The van der Waals surface area contributed by atoms with E-state index in [1.807, 2.05) is 25.2 Å². The molecule has 0 saturated heterocycles. The Labute approximate surface area is 112 Å². The van der Waals surface area contributed by atoms with Gasteiger partial charge in [-0.3, -0.25) is 0 Å². The molecule has 2 aromatic carbocycles. The van der Waals surface area contributed by atoms with Crippen LogP contribution in [0.1, 0.15) is 33.1 Å². The van der Waals surface area contributed by atoms with Gasteiger partial charge >= 0.3 is 5.97 Å². The van der Waals surface area contributed by atoms with Gasteiger partial charge in [0.2, 0.25) is 0 Å². The van der Waals surface area contributed by atoms with Crippen molar-refractivity contribution in [1.29, 1.82) is 0 Å². The Balaban J connectivity index is 2.34. The number of carboxylic acids is 1. The summed E-state index contributed by atoms with van der Waals surface area (Å²) >= 11 is 0. The molecule has 1 unspecified atom stereocenters. The summed E-state index contributed by atoms with van der Waals surface area (Å²) in [5, 5.41) is 12.2. The number of hydrogen-bond acceptors (Lipinski definition) is 2. The minimum atomic E-state index is -0.900. The molecule has 3 heteroatoms. The maximum Gasteiger partial charge on any atom is 0.335 e. The molecule has 0 radical (unpaired) electrons. The fraction of sp³-hybridized carbons (Fsp3) is 0.188. The molecule has 19 heavy (non-hydrogen) atoms. The van der Waals surface area contributed by atoms with Crippen molar-refractivity contribution in [2.45, 2.75) is 13.0 Å². The van der Waals surface area contributed by atoms with Gasteiger partial charge in [-0.25, -0.2) is 4.79 Å². The van der Waals surface area contributed by atoms with Gasteiger partial charge < -0.3 is 10.4 Å². The minimum absolute atomic E-state index is 0.0720. The Bertz CT molecular complexity index is 576. The second kappa shape index (κ2) is 5.67. The van der Waals surface area contributed by atoms with Gasteiger partial charge in [-0.05, 0) is 37.2 Å². The van der Waals surface area contributed by atoms with Crippen molar-refractivity contribution in [2.24, 2.45) is 0 Å². The average Bonchev–Trinajstić information content (AvgIpc) is 2.40. The van der Waals surface area contributed by atoms with Crippen molar-refractivity contribution < 1.29 is 9.90 Å². The molecule has 98 valence electrons. The van der Waals surface area contributed by atoms with Crippen LogP contribution in [0.2, 0.25) is 0 Å². The van der Waals surface area contributed by atoms with Crippen LogP contribution in [0.15, 0.2) is 48.5 Å². The van der Waals surface area contributed by atoms with Gasteiger partial charge in [0.25, 0.3) is 0 Å². The van der Waals surface area contributed by atoms with Crippen LogP contribution in [0.4, 0.5) is 0 Å². The molecular formula is C16H17NO2. The van der Waals surface area contributed by atoms with Crippen LogP contribution >= 0.6 is 0 Å². The van der Waals surface area contributed by atoms with E-state index in [1.165, 1.54) is 11.1 Å². The zero-order chi connectivity index (χ0) is 13.8. The predicted octanol–water partition coefficient (Wildman–Crippen LogP) is 3.00. The first-order valence-electron chi connectivity index (χ1n) is 6.19. The van der Waals surface area contributed by atoms with E-state index >= 15 is 0 Å². The average molecular weight is 255 g/mol. The molecule has 0 saturated carbocycles. The van der Waals surface area contributed by atoms with E-state index < -0.39 is 5.97 Å². The highest BCUT2D eigenvalue weighted by molar-refractivity contribution is 5.87. The molecule has 0 bridgehead atoms. The smallest absolute Gasteiger partial charge is 0.335 e. The van der Waals surface area contributed by atoms with E-state index in [0.29, 0.717) is 5.56 Å². The van der Waals surface area contributed by atoms with Crippen molar-refractivity contribution in [2.75, 3.05) is 7.05 Å². The van der Waals surface area contributed by atoms with Gasteiger partial charge in [0.1, 0.15) is 0 Å². The fourth-order valence-corrected chi connectivity index (χ4v) is 2.19. The summed E-state index contributed by atoms with van der Waals surface area (Å²) in [5.41, 5.74) is 3.74. The third-order valence-corrected chi connectivity index (χ3v) is 3.16. The predicted molar refractivity (Wildman–Crippen MR) is 75.5 cm³/mol. The summed E-state index contributed by atoms with van der Waals surface area (Å²) in [6.45, 7) is 2.06. The second-order valence-electron chi connectivity index (χ2n) is 4.56. The summed E-state index contributed by atoms with van der Waals surface area (Å²) in [6, 6.07) is 15.3. The van der Waals surface area contributed by atoms with Gasteiger partial charge in [0, 0.05) is 0 Å². The van der Waals surface area contributed by atoms with E-state index in [-0.39, 0.29) is 6.04 Å². The van der Waals surface area contributed by atoms with Crippen LogP contribution in [0.5, 0.6) is 0 Å². The number of hydrogen-bond donors (Lipinski definition) is 2. The van der Waals surface area contributed by atoms with Crippen LogP contribution < -0.4 is 5.32 Å². The van der Waals surface area contributed by atoms with Crippen LogP contribution in [0.25, 0.3) is 0 Å². The number of rotatable bonds is 4. The Hall–Kier alpha value is -2.13. The van der Waals surface area contributed by atoms with Crippen molar-refractivity contribution in [3.63, 3.8) is 0 Å². The van der Waals surface area contributed by atoms with Gasteiger partial charge in [-0.1, -0.05) is 42.0 Å². The molecule has 0 heterocycles. The molecule has 0 spiro atoms. The number of nitrogens with one attached hydrogen (secondary N) is 1. The van der Waals surface area contributed by atoms with Crippen molar-refractivity contribution >= 4 is 5.97 Å². The van der Waals surface area contributed by atoms with Crippen molar-refractivity contribution in [3.05, 3.63) is 70.8 Å². The van der Waals surface area contributed by atoms with E-state index in [1.54, 1.807) is 12.1 Å². The lowest BCUT2D eigenvalue weighted by Crippen LogP contribution is -2.17. The molecule has 0 aliphatic heterocycles. The molecular weight excluding hydrogens is 238 g/mol. The van der Waals surface area contributed by atoms with E-state index in [4.69, 9.17) is 5.11 Å². The SMILES string of the molecule is CNC(c1ccc(C(=O)O)cc1)c1cccc(C)c1. The number of aryl methyl sites for hydroxylation is 1. The molecule has 1 atom stereocenters. The number of benzene rings is 2. The lowest BCUT2D eigenvalue weighted by Gasteiger charge is -2.18. The fourth-order valence-electron chi connectivity index (χ4n) is 2.19. The molecule has 2 N–H and O–H groups in total. The second-order valence-corrected chi connectivity index (χ2v) is 4.56. The Morgan fingerprint density at radius 3 is 2.32 bits per heavy atom. The standard InChI is InChI=1S/C16H17NO2/c1-11-4-3-5-14(10-11)15(17-2)12-6-8-13(9-7-12)16(18)19/h3-10,15,17H,1-2H3,(H,18,19). The van der Waals surface area contributed by atoms with Gasteiger partial charge in [0.05, 0.1) is 11.6 Å². The molecule has 0 fully saturated rings. The van der Waals surface area contributed by atoms with E-state index in [2.05, 4.69) is 30.4 Å². The number of carboxylic acid groups (broad SMARTS) is 1. The van der Waals surface area contributed by atoms with Gasteiger partial charge in [-0.15, -0.1) is 0 Å². The first kappa shape index (κ1) is 13.3. The van der Waals surface area contributed by atoms with E-state index in [0.717, 1.165) is 5.56 Å². The third kappa shape index (κ3) is 3.01. The highest BCUT2D eigenvalue weighted by atomic mass is 16.4. The maximum atomic E-state index is 10.9. The largest absolute Gasteiger partial charge is 0.478 e. The zero-order valence-electron chi connectivity index (χ0n) is 11.1.